The molecule has 1 amide bonds. The van der Waals surface area contributed by atoms with Crippen LogP contribution in [0.5, 0.6) is 0 Å². The third-order valence-corrected chi connectivity index (χ3v) is 2.33. The van der Waals surface area contributed by atoms with E-state index in [0.29, 0.717) is 13.1 Å². The number of carbonyl (C=O) groups excluding carboxylic acids is 1. The van der Waals surface area contributed by atoms with E-state index in [-0.39, 0.29) is 5.91 Å². The predicted octanol–water partition coefficient (Wildman–Crippen LogP) is 1.85. The fourth-order valence-electron chi connectivity index (χ4n) is 1.29. The number of carbonyl (C=O) groups is 1. The monoisotopic (exact) mass is 206 g/mol. The number of hydrogen-bond donors (Lipinski definition) is 2. The molecule has 1 aromatic rings. The molecule has 82 valence electrons. The van der Waals surface area contributed by atoms with Crippen LogP contribution < -0.4 is 10.6 Å². The third-order valence-electron chi connectivity index (χ3n) is 2.33. The Balaban J connectivity index is 2.51. The number of aryl methyl sites for hydroxylation is 2. The molecule has 1 aromatic carbocycles. The fraction of sp³-hybridized carbons (Fsp3) is 0.417. The predicted molar refractivity (Wildman–Crippen MR) is 63.1 cm³/mol. The molecule has 0 heterocycles. The Hall–Kier alpha value is -1.51. The van der Waals surface area contributed by atoms with Crippen LogP contribution >= 0.6 is 0 Å². The lowest BCUT2D eigenvalue weighted by molar-refractivity contribution is -0.119. The Morgan fingerprint density at radius 1 is 1.27 bits per heavy atom. The normalized spacial score (nSPS) is 9.80. The van der Waals surface area contributed by atoms with E-state index in [9.17, 15) is 4.79 Å². The molecule has 0 saturated heterocycles. The molecular weight excluding hydrogens is 188 g/mol. The minimum atomic E-state index is 0.0238. The van der Waals surface area contributed by atoms with Gasteiger partial charge in [-0.1, -0.05) is 6.07 Å². The lowest BCUT2D eigenvalue weighted by Crippen LogP contribution is -2.29. The summed E-state index contributed by atoms with van der Waals surface area (Å²) >= 11 is 0. The molecule has 0 spiro atoms. The van der Waals surface area contributed by atoms with Gasteiger partial charge in [-0.05, 0) is 44.0 Å². The lowest BCUT2D eigenvalue weighted by atomic mass is 10.1. The van der Waals surface area contributed by atoms with E-state index in [1.807, 2.05) is 13.0 Å². The van der Waals surface area contributed by atoms with Crippen LogP contribution in [0, 0.1) is 13.8 Å². The summed E-state index contributed by atoms with van der Waals surface area (Å²) in [5.41, 5.74) is 3.49. The molecule has 15 heavy (non-hydrogen) atoms. The van der Waals surface area contributed by atoms with Crippen LogP contribution in [0.1, 0.15) is 18.1 Å². The van der Waals surface area contributed by atoms with Gasteiger partial charge in [-0.15, -0.1) is 0 Å². The van der Waals surface area contributed by atoms with E-state index in [2.05, 4.69) is 36.6 Å². The first kappa shape index (κ1) is 11.6. The second-order valence-electron chi connectivity index (χ2n) is 3.61. The smallest absolute Gasteiger partial charge is 0.239 e. The van der Waals surface area contributed by atoms with Crippen LogP contribution in [0.25, 0.3) is 0 Å². The summed E-state index contributed by atoms with van der Waals surface area (Å²) in [6.45, 7) is 7.05. The van der Waals surface area contributed by atoms with Crippen LogP contribution in [-0.4, -0.2) is 19.0 Å². The summed E-state index contributed by atoms with van der Waals surface area (Å²) in [6.07, 6.45) is 0. The molecule has 0 radical (unpaired) electrons. The number of rotatable bonds is 4. The first-order chi connectivity index (χ1) is 7.13. The molecule has 0 aromatic heterocycles. The van der Waals surface area contributed by atoms with Crippen molar-refractivity contribution in [1.29, 1.82) is 0 Å². The van der Waals surface area contributed by atoms with Gasteiger partial charge in [-0.3, -0.25) is 4.79 Å². The molecule has 0 aliphatic rings. The molecule has 0 fully saturated rings. The van der Waals surface area contributed by atoms with Crippen molar-refractivity contribution < 1.29 is 4.79 Å². The van der Waals surface area contributed by atoms with Crippen LogP contribution in [0.15, 0.2) is 18.2 Å². The van der Waals surface area contributed by atoms with Gasteiger partial charge in [0.15, 0.2) is 0 Å². The van der Waals surface area contributed by atoms with Gasteiger partial charge in [0, 0.05) is 12.2 Å². The van der Waals surface area contributed by atoms with Gasteiger partial charge in [-0.2, -0.15) is 0 Å². The van der Waals surface area contributed by atoms with E-state index in [1.54, 1.807) is 0 Å². The van der Waals surface area contributed by atoms with Crippen molar-refractivity contribution in [2.75, 3.05) is 18.4 Å². The molecule has 0 atom stereocenters. The molecule has 3 heteroatoms. The number of nitrogens with one attached hydrogen (secondary N) is 2. The molecule has 0 bridgehead atoms. The molecule has 0 unspecified atom stereocenters. The Morgan fingerprint density at radius 2 is 2.00 bits per heavy atom. The zero-order valence-electron chi connectivity index (χ0n) is 9.55. The molecule has 3 nitrogen and oxygen atoms in total. The van der Waals surface area contributed by atoms with E-state index < -0.39 is 0 Å². The number of hydrogen-bond acceptors (Lipinski definition) is 2. The van der Waals surface area contributed by atoms with Gasteiger partial charge < -0.3 is 10.6 Å². The summed E-state index contributed by atoms with van der Waals surface area (Å²) in [5, 5.41) is 5.83. The second-order valence-corrected chi connectivity index (χ2v) is 3.61. The van der Waals surface area contributed by atoms with E-state index in [0.717, 1.165) is 5.69 Å². The van der Waals surface area contributed by atoms with Gasteiger partial charge in [-0.25, -0.2) is 0 Å². The lowest BCUT2D eigenvalue weighted by Gasteiger charge is -2.08. The zero-order chi connectivity index (χ0) is 11.3. The summed E-state index contributed by atoms with van der Waals surface area (Å²) < 4.78 is 0. The number of likely N-dealkylation sites (N-methyl/N-ethyl adjacent to an activating group) is 1. The number of benzene rings is 1. The molecule has 2 N–H and O–H groups in total. The first-order valence-corrected chi connectivity index (χ1v) is 5.21. The molecule has 0 aliphatic carbocycles. The van der Waals surface area contributed by atoms with E-state index in [4.69, 9.17) is 0 Å². The van der Waals surface area contributed by atoms with Crippen molar-refractivity contribution in [2.24, 2.45) is 0 Å². The summed E-state index contributed by atoms with van der Waals surface area (Å²) in [6, 6.07) is 6.09. The minimum absolute atomic E-state index is 0.0238. The van der Waals surface area contributed by atoms with Crippen molar-refractivity contribution in [3.63, 3.8) is 0 Å². The topological polar surface area (TPSA) is 41.1 Å². The maximum atomic E-state index is 11.2. The highest BCUT2D eigenvalue weighted by atomic mass is 16.1. The largest absolute Gasteiger partial charge is 0.376 e. The molecule has 0 aliphatic heterocycles. The highest BCUT2D eigenvalue weighted by molar-refractivity contribution is 5.80. The van der Waals surface area contributed by atoms with Crippen molar-refractivity contribution in [1.82, 2.24) is 5.32 Å². The standard InChI is InChI=1S/C12H18N2O/c1-4-13-12(15)8-14-11-6-5-9(2)10(3)7-11/h5-7,14H,4,8H2,1-3H3,(H,13,15). The van der Waals surface area contributed by atoms with Crippen molar-refractivity contribution in [2.45, 2.75) is 20.8 Å². The van der Waals surface area contributed by atoms with Crippen LogP contribution in [0.3, 0.4) is 0 Å². The molecular formula is C12H18N2O. The maximum absolute atomic E-state index is 11.2. The molecule has 1 rings (SSSR count). The van der Waals surface area contributed by atoms with E-state index >= 15 is 0 Å². The van der Waals surface area contributed by atoms with Crippen molar-refractivity contribution >= 4 is 11.6 Å². The quantitative estimate of drug-likeness (QED) is 0.789. The summed E-state index contributed by atoms with van der Waals surface area (Å²) in [4.78, 5) is 11.2. The van der Waals surface area contributed by atoms with Gasteiger partial charge in [0.2, 0.25) is 5.91 Å². The van der Waals surface area contributed by atoms with Gasteiger partial charge in [0.25, 0.3) is 0 Å². The average molecular weight is 206 g/mol. The van der Waals surface area contributed by atoms with Gasteiger partial charge >= 0.3 is 0 Å². The summed E-state index contributed by atoms with van der Waals surface area (Å²) in [5.74, 6) is 0.0238. The average Bonchev–Trinajstić information content (AvgIpc) is 2.20. The van der Waals surface area contributed by atoms with Crippen LogP contribution in [0.2, 0.25) is 0 Å². The highest BCUT2D eigenvalue weighted by Crippen LogP contribution is 2.13. The minimum Gasteiger partial charge on any atom is -0.376 e. The van der Waals surface area contributed by atoms with Gasteiger partial charge in [0.1, 0.15) is 0 Å². The SMILES string of the molecule is CCNC(=O)CNc1ccc(C)c(C)c1. The zero-order valence-corrected chi connectivity index (χ0v) is 9.55. The third kappa shape index (κ3) is 3.62. The first-order valence-electron chi connectivity index (χ1n) is 5.21. The Morgan fingerprint density at radius 3 is 2.60 bits per heavy atom. The van der Waals surface area contributed by atoms with E-state index in [1.165, 1.54) is 11.1 Å². The second kappa shape index (κ2) is 5.39. The maximum Gasteiger partial charge on any atom is 0.239 e. The Bertz CT molecular complexity index is 347. The summed E-state index contributed by atoms with van der Waals surface area (Å²) in [7, 11) is 0. The Kier molecular flexibility index (Phi) is 4.16. The number of anilines is 1. The van der Waals surface area contributed by atoms with Crippen LogP contribution in [-0.2, 0) is 4.79 Å². The Labute approximate surface area is 90.9 Å². The van der Waals surface area contributed by atoms with Crippen LogP contribution in [0.4, 0.5) is 5.69 Å². The van der Waals surface area contributed by atoms with Crippen molar-refractivity contribution in [3.05, 3.63) is 29.3 Å². The molecule has 0 saturated carbocycles. The van der Waals surface area contributed by atoms with Crippen molar-refractivity contribution in [3.8, 4) is 0 Å². The fourth-order valence-corrected chi connectivity index (χ4v) is 1.29. The highest BCUT2D eigenvalue weighted by Gasteiger charge is 1.99. The number of amides is 1. The van der Waals surface area contributed by atoms with Gasteiger partial charge in [0.05, 0.1) is 6.54 Å².